The van der Waals surface area contributed by atoms with Crippen molar-refractivity contribution in [1.29, 1.82) is 0 Å². The molecule has 3 heteroatoms. The molecule has 0 aromatic carbocycles. The van der Waals surface area contributed by atoms with Gasteiger partial charge in [-0.1, -0.05) is 0 Å². The van der Waals surface area contributed by atoms with Crippen molar-refractivity contribution >= 4 is 0 Å². The van der Waals surface area contributed by atoms with E-state index in [2.05, 4.69) is 0 Å². The third-order valence-electron chi connectivity index (χ3n) is 1.41. The Balaban J connectivity index is 4.45. The maximum atomic E-state index is 8.70. The van der Waals surface area contributed by atoms with Gasteiger partial charge < -0.3 is 5.11 Å². The van der Waals surface area contributed by atoms with Gasteiger partial charge in [-0.25, -0.2) is 0 Å². The number of hydroxylamine groups is 2. The molecule has 0 amide bonds. The zero-order valence-corrected chi connectivity index (χ0v) is 9.01. The molecule has 0 bridgehead atoms. The van der Waals surface area contributed by atoms with Crippen molar-refractivity contribution in [2.45, 2.75) is 52.6 Å². The van der Waals surface area contributed by atoms with E-state index < -0.39 is 0 Å². The highest BCUT2D eigenvalue weighted by Gasteiger charge is 2.32. The minimum atomic E-state index is -0.269. The van der Waals surface area contributed by atoms with E-state index in [9.17, 15) is 0 Å². The Bertz CT molecular complexity index is 118. The first kappa shape index (κ1) is 11.9. The van der Waals surface area contributed by atoms with Gasteiger partial charge in [-0.15, -0.1) is 0 Å². The van der Waals surface area contributed by atoms with E-state index >= 15 is 0 Å². The summed E-state index contributed by atoms with van der Waals surface area (Å²) in [7, 11) is 0. The largest absolute Gasteiger partial charge is 0.369 e. The first-order valence-corrected chi connectivity index (χ1v) is 4.23. The molecular weight excluding hydrogens is 154 g/mol. The molecule has 1 N–H and O–H groups in total. The molecule has 0 radical (unpaired) electrons. The molecule has 0 atom stereocenters. The average molecular weight is 175 g/mol. The number of nitrogens with zero attached hydrogens (tertiary/aromatic N) is 1. The summed E-state index contributed by atoms with van der Waals surface area (Å²) in [6, 6.07) is 0. The smallest absolute Gasteiger partial charge is 0.164 e. The number of hydrogen-bond acceptors (Lipinski definition) is 3. The van der Waals surface area contributed by atoms with Crippen LogP contribution in [0.25, 0.3) is 0 Å². The standard InChI is InChI=1S/C9H21NO2/c1-8(2,3)10(12-7-11)9(4,5)6/h11H,7H2,1-6H3. The summed E-state index contributed by atoms with van der Waals surface area (Å²) in [5.41, 5.74) is -0.192. The quantitative estimate of drug-likeness (QED) is 0.513. The predicted molar refractivity (Wildman–Crippen MR) is 49.5 cm³/mol. The van der Waals surface area contributed by atoms with Crippen molar-refractivity contribution in [1.82, 2.24) is 5.06 Å². The molecule has 0 spiro atoms. The average Bonchev–Trinajstić information content (AvgIpc) is 1.77. The van der Waals surface area contributed by atoms with Crippen LogP contribution in [0.1, 0.15) is 41.5 Å². The summed E-state index contributed by atoms with van der Waals surface area (Å²) in [5.74, 6) is 0. The monoisotopic (exact) mass is 175 g/mol. The number of aliphatic hydroxyl groups excluding tert-OH is 1. The zero-order valence-electron chi connectivity index (χ0n) is 9.01. The lowest BCUT2D eigenvalue weighted by molar-refractivity contribution is -0.289. The van der Waals surface area contributed by atoms with Crippen LogP contribution in [0.2, 0.25) is 0 Å². The van der Waals surface area contributed by atoms with E-state index in [4.69, 9.17) is 9.94 Å². The number of hydrogen-bond donors (Lipinski definition) is 1. The molecule has 0 saturated heterocycles. The molecule has 0 aromatic heterocycles. The highest BCUT2D eigenvalue weighted by atomic mass is 16.7. The van der Waals surface area contributed by atoms with Gasteiger partial charge in [0.2, 0.25) is 0 Å². The fourth-order valence-electron chi connectivity index (χ4n) is 1.45. The normalized spacial score (nSPS) is 14.0. The Hall–Kier alpha value is -0.120. The molecule has 0 aliphatic carbocycles. The van der Waals surface area contributed by atoms with Crippen LogP contribution in [-0.4, -0.2) is 28.0 Å². The second-order valence-corrected chi connectivity index (χ2v) is 4.89. The topological polar surface area (TPSA) is 32.7 Å². The molecule has 0 fully saturated rings. The van der Waals surface area contributed by atoms with Gasteiger partial charge >= 0.3 is 0 Å². The van der Waals surface area contributed by atoms with E-state index in [1.54, 1.807) is 5.06 Å². The molecule has 0 aliphatic heterocycles. The van der Waals surface area contributed by atoms with Crippen LogP contribution in [0.3, 0.4) is 0 Å². The second-order valence-electron chi connectivity index (χ2n) is 4.89. The van der Waals surface area contributed by atoms with Gasteiger partial charge in [0.15, 0.2) is 6.79 Å². The van der Waals surface area contributed by atoms with E-state index in [-0.39, 0.29) is 17.9 Å². The van der Waals surface area contributed by atoms with Crippen molar-refractivity contribution in [3.8, 4) is 0 Å². The second kappa shape index (κ2) is 3.73. The molecule has 0 rings (SSSR count). The fourth-order valence-corrected chi connectivity index (χ4v) is 1.45. The molecule has 0 aromatic rings. The van der Waals surface area contributed by atoms with Crippen molar-refractivity contribution in [3.05, 3.63) is 0 Å². The van der Waals surface area contributed by atoms with Crippen LogP contribution in [0, 0.1) is 0 Å². The van der Waals surface area contributed by atoms with E-state index in [0.29, 0.717) is 0 Å². The van der Waals surface area contributed by atoms with Gasteiger partial charge in [0.05, 0.1) is 0 Å². The van der Waals surface area contributed by atoms with Crippen LogP contribution < -0.4 is 0 Å². The Morgan fingerprint density at radius 1 is 1.00 bits per heavy atom. The third kappa shape index (κ3) is 3.52. The Morgan fingerprint density at radius 3 is 1.42 bits per heavy atom. The maximum Gasteiger partial charge on any atom is 0.164 e. The first-order valence-electron chi connectivity index (χ1n) is 4.23. The van der Waals surface area contributed by atoms with Crippen molar-refractivity contribution in [2.24, 2.45) is 0 Å². The van der Waals surface area contributed by atoms with Gasteiger partial charge in [0.25, 0.3) is 0 Å². The summed E-state index contributed by atoms with van der Waals surface area (Å²) >= 11 is 0. The molecule has 74 valence electrons. The number of rotatable bonds is 2. The van der Waals surface area contributed by atoms with E-state index in [1.165, 1.54) is 0 Å². The zero-order chi connectivity index (χ0) is 9.99. The van der Waals surface area contributed by atoms with Crippen molar-refractivity contribution in [2.75, 3.05) is 6.79 Å². The van der Waals surface area contributed by atoms with Gasteiger partial charge in [-0.05, 0) is 41.5 Å². The first-order chi connectivity index (χ1) is 5.19. The Morgan fingerprint density at radius 2 is 1.33 bits per heavy atom. The van der Waals surface area contributed by atoms with Crippen molar-refractivity contribution in [3.63, 3.8) is 0 Å². The molecule has 0 heterocycles. The summed E-state index contributed by atoms with van der Waals surface area (Å²) < 4.78 is 0. The van der Waals surface area contributed by atoms with Crippen LogP contribution in [0.15, 0.2) is 0 Å². The molecule has 12 heavy (non-hydrogen) atoms. The lowest BCUT2D eigenvalue weighted by atomic mass is 10.00. The SMILES string of the molecule is CC(C)(C)N(OCO)C(C)(C)C. The predicted octanol–water partition coefficient (Wildman–Crippen LogP) is 1.77. The molecular formula is C9H21NO2. The minimum Gasteiger partial charge on any atom is -0.369 e. The van der Waals surface area contributed by atoms with Gasteiger partial charge in [0, 0.05) is 11.1 Å². The van der Waals surface area contributed by atoms with E-state index in [1.807, 2.05) is 41.5 Å². The molecule has 0 unspecified atom stereocenters. The summed E-state index contributed by atoms with van der Waals surface area (Å²) in [6.45, 7) is 12.0. The van der Waals surface area contributed by atoms with Crippen LogP contribution in [-0.2, 0) is 4.84 Å². The fraction of sp³-hybridized carbons (Fsp3) is 1.00. The lowest BCUT2D eigenvalue weighted by Gasteiger charge is -2.43. The number of aliphatic hydroxyl groups is 1. The Kier molecular flexibility index (Phi) is 3.69. The maximum absolute atomic E-state index is 8.70. The molecule has 0 aliphatic rings. The van der Waals surface area contributed by atoms with E-state index in [0.717, 1.165) is 0 Å². The Labute approximate surface area is 75.3 Å². The summed E-state index contributed by atoms with van der Waals surface area (Å²) in [4.78, 5) is 5.16. The highest BCUT2D eigenvalue weighted by molar-refractivity contribution is 4.80. The van der Waals surface area contributed by atoms with Crippen LogP contribution >= 0.6 is 0 Å². The van der Waals surface area contributed by atoms with Gasteiger partial charge in [-0.3, -0.25) is 4.84 Å². The van der Waals surface area contributed by atoms with Gasteiger partial charge in [0.1, 0.15) is 0 Å². The van der Waals surface area contributed by atoms with Crippen LogP contribution in [0.4, 0.5) is 0 Å². The highest BCUT2D eigenvalue weighted by Crippen LogP contribution is 2.24. The summed E-state index contributed by atoms with van der Waals surface area (Å²) in [5, 5.41) is 10.5. The molecule has 0 saturated carbocycles. The lowest BCUT2D eigenvalue weighted by Crippen LogP contribution is -2.52. The minimum absolute atomic E-state index is 0.0962. The molecule has 3 nitrogen and oxygen atoms in total. The third-order valence-corrected chi connectivity index (χ3v) is 1.41. The van der Waals surface area contributed by atoms with Gasteiger partial charge in [-0.2, -0.15) is 5.06 Å². The van der Waals surface area contributed by atoms with Crippen molar-refractivity contribution < 1.29 is 9.94 Å². The van der Waals surface area contributed by atoms with Crippen LogP contribution in [0.5, 0.6) is 0 Å². The summed E-state index contributed by atoms with van der Waals surface area (Å²) in [6.07, 6.45) is 0.